The minimum atomic E-state index is -0.713. The molecule has 1 aliphatic heterocycles. The van der Waals surface area contributed by atoms with Crippen molar-refractivity contribution in [2.24, 2.45) is 0 Å². The maximum Gasteiger partial charge on any atom is 0.228 e. The second kappa shape index (κ2) is 6.53. The predicted octanol–water partition coefficient (Wildman–Crippen LogP) is 1.41. The zero-order chi connectivity index (χ0) is 17.3. The van der Waals surface area contributed by atoms with E-state index < -0.39 is 5.60 Å². The van der Waals surface area contributed by atoms with Gasteiger partial charge < -0.3 is 10.0 Å². The first-order valence-electron chi connectivity index (χ1n) is 8.50. The number of para-hydroxylation sites is 1. The van der Waals surface area contributed by atoms with E-state index in [1.54, 1.807) is 0 Å². The Kier molecular flexibility index (Phi) is 4.60. The van der Waals surface area contributed by atoms with E-state index in [2.05, 4.69) is 22.0 Å². The van der Waals surface area contributed by atoms with Gasteiger partial charge in [-0.25, -0.2) is 0 Å². The summed E-state index contributed by atoms with van der Waals surface area (Å²) in [6, 6.07) is 8.08. The number of H-pyrrole nitrogens is 1. The highest BCUT2D eigenvalue weighted by atomic mass is 16.3. The molecule has 0 bridgehead atoms. The molecule has 1 fully saturated rings. The number of benzene rings is 1. The number of nitrogens with one attached hydrogen (secondary N) is 1. The van der Waals surface area contributed by atoms with Gasteiger partial charge in [0.2, 0.25) is 5.91 Å². The predicted molar refractivity (Wildman–Crippen MR) is 93.7 cm³/mol. The van der Waals surface area contributed by atoms with Gasteiger partial charge in [-0.15, -0.1) is 0 Å². The van der Waals surface area contributed by atoms with E-state index in [9.17, 15) is 9.90 Å². The summed E-state index contributed by atoms with van der Waals surface area (Å²) >= 11 is 0. The second-order valence-corrected chi connectivity index (χ2v) is 7.37. The maximum atomic E-state index is 12.7. The van der Waals surface area contributed by atoms with Crippen LogP contribution >= 0.6 is 0 Å². The summed E-state index contributed by atoms with van der Waals surface area (Å²) in [6.07, 6.45) is 0.346. The number of β-amino-alcohol motifs (C(OH)–C–C–N with tert-alkyl or cyclic N) is 1. The Bertz CT molecular complexity index is 719. The Labute approximate surface area is 142 Å². The van der Waals surface area contributed by atoms with Gasteiger partial charge in [0.1, 0.15) is 0 Å². The summed E-state index contributed by atoms with van der Waals surface area (Å²) in [5, 5.41) is 18.3. The molecular weight excluding hydrogens is 304 g/mol. The van der Waals surface area contributed by atoms with E-state index in [-0.39, 0.29) is 11.9 Å². The van der Waals surface area contributed by atoms with Gasteiger partial charge in [0.25, 0.3) is 0 Å². The van der Waals surface area contributed by atoms with Crippen molar-refractivity contribution in [3.8, 4) is 0 Å². The number of aromatic nitrogens is 2. The van der Waals surface area contributed by atoms with Crippen molar-refractivity contribution in [3.63, 3.8) is 0 Å². The highest BCUT2D eigenvalue weighted by molar-refractivity contribution is 5.87. The molecule has 130 valence electrons. The fourth-order valence-electron chi connectivity index (χ4n) is 3.37. The first kappa shape index (κ1) is 16.9. The monoisotopic (exact) mass is 330 g/mol. The average molecular weight is 330 g/mol. The summed E-state index contributed by atoms with van der Waals surface area (Å²) in [5.74, 6) is 0.124. The van der Waals surface area contributed by atoms with Crippen LogP contribution in [-0.2, 0) is 11.2 Å². The fraction of sp³-hybridized carbons (Fsp3) is 0.556. The molecule has 0 aliphatic carbocycles. The Morgan fingerprint density at radius 3 is 2.83 bits per heavy atom. The third kappa shape index (κ3) is 3.76. The van der Waals surface area contributed by atoms with Crippen molar-refractivity contribution in [1.82, 2.24) is 20.0 Å². The lowest BCUT2D eigenvalue weighted by molar-refractivity contribution is -0.133. The van der Waals surface area contributed by atoms with Gasteiger partial charge in [-0.05, 0) is 26.8 Å². The number of hydrogen-bond acceptors (Lipinski definition) is 4. The van der Waals surface area contributed by atoms with Crippen LogP contribution in [-0.4, -0.2) is 68.8 Å². The summed E-state index contributed by atoms with van der Waals surface area (Å²) in [6.45, 7) is 8.56. The minimum Gasteiger partial charge on any atom is -0.389 e. The molecule has 1 atom stereocenters. The molecule has 0 spiro atoms. The molecule has 1 aromatic heterocycles. The van der Waals surface area contributed by atoms with Crippen molar-refractivity contribution in [2.75, 3.05) is 26.2 Å². The molecule has 1 unspecified atom stereocenters. The van der Waals surface area contributed by atoms with E-state index in [0.717, 1.165) is 23.1 Å². The molecule has 6 nitrogen and oxygen atoms in total. The van der Waals surface area contributed by atoms with Crippen molar-refractivity contribution in [3.05, 3.63) is 30.0 Å². The molecule has 0 radical (unpaired) electrons. The number of hydrogen-bond donors (Lipinski definition) is 2. The third-order valence-electron chi connectivity index (χ3n) is 4.58. The number of aliphatic hydroxyl groups is 1. The summed E-state index contributed by atoms with van der Waals surface area (Å²) in [4.78, 5) is 16.8. The zero-order valence-electron chi connectivity index (χ0n) is 14.6. The largest absolute Gasteiger partial charge is 0.389 e. The van der Waals surface area contributed by atoms with Crippen molar-refractivity contribution < 1.29 is 9.90 Å². The summed E-state index contributed by atoms with van der Waals surface area (Å²) < 4.78 is 0. The molecule has 0 saturated carbocycles. The van der Waals surface area contributed by atoms with E-state index in [0.29, 0.717) is 26.1 Å². The van der Waals surface area contributed by atoms with Gasteiger partial charge in [-0.3, -0.25) is 14.8 Å². The number of piperazine rings is 1. The van der Waals surface area contributed by atoms with Gasteiger partial charge in [-0.2, -0.15) is 5.10 Å². The molecule has 3 rings (SSSR count). The Balaban J connectivity index is 1.62. The topological polar surface area (TPSA) is 72.5 Å². The standard InChI is InChI=1S/C18H26N4O2/c1-13-11-21(8-9-22(13)12-18(2,3)24)17(23)10-16-14-6-4-5-7-15(14)19-20-16/h4-7,13,24H,8-12H2,1-3H3,(H,19,20). The van der Waals surface area contributed by atoms with Crippen molar-refractivity contribution >= 4 is 16.8 Å². The lowest BCUT2D eigenvalue weighted by Crippen LogP contribution is -2.56. The Morgan fingerprint density at radius 1 is 1.38 bits per heavy atom. The molecule has 24 heavy (non-hydrogen) atoms. The van der Waals surface area contributed by atoms with E-state index in [1.807, 2.05) is 43.0 Å². The van der Waals surface area contributed by atoms with Crippen LogP contribution in [0.2, 0.25) is 0 Å². The van der Waals surface area contributed by atoms with Crippen LogP contribution in [0.25, 0.3) is 10.9 Å². The molecule has 2 aromatic rings. The Hall–Kier alpha value is -1.92. The van der Waals surface area contributed by atoms with Gasteiger partial charge in [0.05, 0.1) is 23.2 Å². The van der Waals surface area contributed by atoms with Crippen LogP contribution in [0.4, 0.5) is 0 Å². The molecule has 1 saturated heterocycles. The van der Waals surface area contributed by atoms with E-state index in [4.69, 9.17) is 0 Å². The summed E-state index contributed by atoms with van der Waals surface area (Å²) in [7, 11) is 0. The van der Waals surface area contributed by atoms with E-state index >= 15 is 0 Å². The average Bonchev–Trinajstić information content (AvgIpc) is 2.91. The first-order chi connectivity index (χ1) is 11.3. The van der Waals surface area contributed by atoms with Crippen LogP contribution in [0, 0.1) is 0 Å². The van der Waals surface area contributed by atoms with Gasteiger partial charge in [0, 0.05) is 37.6 Å². The number of nitrogens with zero attached hydrogens (tertiary/aromatic N) is 3. The quantitative estimate of drug-likeness (QED) is 0.889. The van der Waals surface area contributed by atoms with Crippen molar-refractivity contribution in [1.29, 1.82) is 0 Å². The summed E-state index contributed by atoms with van der Waals surface area (Å²) in [5.41, 5.74) is 1.06. The normalized spacial score (nSPS) is 19.8. The highest BCUT2D eigenvalue weighted by Gasteiger charge is 2.30. The molecular formula is C18H26N4O2. The molecule has 1 aromatic carbocycles. The molecule has 2 heterocycles. The highest BCUT2D eigenvalue weighted by Crippen LogP contribution is 2.18. The lowest BCUT2D eigenvalue weighted by Gasteiger charge is -2.42. The molecule has 6 heteroatoms. The third-order valence-corrected chi connectivity index (χ3v) is 4.58. The van der Waals surface area contributed by atoms with Crippen LogP contribution in [0.5, 0.6) is 0 Å². The first-order valence-corrected chi connectivity index (χ1v) is 8.50. The Morgan fingerprint density at radius 2 is 2.12 bits per heavy atom. The number of carbonyl (C=O) groups excluding carboxylic acids is 1. The number of fused-ring (bicyclic) bond motifs is 1. The molecule has 1 amide bonds. The van der Waals surface area contributed by atoms with Crippen LogP contribution in [0.3, 0.4) is 0 Å². The smallest absolute Gasteiger partial charge is 0.228 e. The number of carbonyl (C=O) groups is 1. The van der Waals surface area contributed by atoms with Gasteiger partial charge >= 0.3 is 0 Å². The molecule has 1 aliphatic rings. The van der Waals surface area contributed by atoms with Crippen LogP contribution < -0.4 is 0 Å². The lowest BCUT2D eigenvalue weighted by atomic mass is 10.1. The maximum absolute atomic E-state index is 12.7. The number of amides is 1. The number of aromatic amines is 1. The zero-order valence-corrected chi connectivity index (χ0v) is 14.6. The molecule has 2 N–H and O–H groups in total. The van der Waals surface area contributed by atoms with E-state index in [1.165, 1.54) is 0 Å². The second-order valence-electron chi connectivity index (χ2n) is 7.37. The van der Waals surface area contributed by atoms with Crippen LogP contribution in [0.1, 0.15) is 26.5 Å². The van der Waals surface area contributed by atoms with Gasteiger partial charge in [0.15, 0.2) is 0 Å². The van der Waals surface area contributed by atoms with Crippen LogP contribution in [0.15, 0.2) is 24.3 Å². The fourth-order valence-corrected chi connectivity index (χ4v) is 3.37. The van der Waals surface area contributed by atoms with Gasteiger partial charge in [-0.1, -0.05) is 18.2 Å². The SMILES string of the molecule is CC1CN(C(=O)Cc2[nH]nc3ccccc23)CCN1CC(C)(C)O. The minimum absolute atomic E-state index is 0.124. The van der Waals surface area contributed by atoms with Crippen molar-refractivity contribution in [2.45, 2.75) is 38.8 Å². The number of rotatable bonds is 4.